The molecule has 0 spiro atoms. The summed E-state index contributed by atoms with van der Waals surface area (Å²) in [6.45, 7) is 4.40. The lowest BCUT2D eigenvalue weighted by molar-refractivity contribution is 0.0776. The first-order valence-corrected chi connectivity index (χ1v) is 7.72. The number of carbonyl (C=O) groups is 1. The second kappa shape index (κ2) is 6.55. The van der Waals surface area contributed by atoms with Crippen LogP contribution >= 0.6 is 0 Å². The van der Waals surface area contributed by atoms with Crippen LogP contribution in [0, 0.1) is 19.3 Å². The monoisotopic (exact) mass is 294 g/mol. The molecule has 0 atom stereocenters. The van der Waals surface area contributed by atoms with Crippen LogP contribution in [0.25, 0.3) is 0 Å². The minimum absolute atomic E-state index is 0.00876. The molecule has 2 N–H and O–H groups in total. The van der Waals surface area contributed by atoms with Crippen LogP contribution in [-0.4, -0.2) is 32.3 Å². The summed E-state index contributed by atoms with van der Waals surface area (Å²) in [6, 6.07) is 4.19. The molecule has 1 aromatic rings. The predicted octanol–water partition coefficient (Wildman–Crippen LogP) is 1.13. The first-order chi connectivity index (χ1) is 9.31. The van der Waals surface area contributed by atoms with Gasteiger partial charge in [-0.2, -0.15) is 0 Å². The summed E-state index contributed by atoms with van der Waals surface area (Å²) in [7, 11) is -3.77. The number of hydrogen-bond acceptors (Lipinski definition) is 3. The third kappa shape index (κ3) is 3.83. The quantitative estimate of drug-likeness (QED) is 0.827. The van der Waals surface area contributed by atoms with Crippen LogP contribution in [0.5, 0.6) is 0 Å². The Kier molecular flexibility index (Phi) is 5.31. The number of amides is 1. The van der Waals surface area contributed by atoms with Gasteiger partial charge in [0.15, 0.2) is 0 Å². The van der Waals surface area contributed by atoms with E-state index < -0.39 is 10.0 Å². The average molecular weight is 294 g/mol. The molecule has 0 unspecified atom stereocenters. The zero-order valence-electron chi connectivity index (χ0n) is 11.6. The van der Waals surface area contributed by atoms with E-state index in [-0.39, 0.29) is 17.3 Å². The molecule has 1 amide bonds. The number of aryl methyl sites for hydroxylation is 1. The molecule has 0 fully saturated rings. The highest BCUT2D eigenvalue weighted by Crippen LogP contribution is 2.16. The summed E-state index contributed by atoms with van der Waals surface area (Å²) < 4.78 is 22.5. The molecule has 20 heavy (non-hydrogen) atoms. The highest BCUT2D eigenvalue weighted by molar-refractivity contribution is 7.89. The molecule has 5 nitrogen and oxygen atoms in total. The van der Waals surface area contributed by atoms with E-state index in [1.54, 1.807) is 11.8 Å². The molecule has 1 aromatic carbocycles. The Hall–Kier alpha value is -1.84. The Morgan fingerprint density at radius 3 is 2.55 bits per heavy atom. The Morgan fingerprint density at radius 2 is 2.10 bits per heavy atom. The summed E-state index contributed by atoms with van der Waals surface area (Å²) in [5.41, 5.74) is 0.987. The third-order valence-electron chi connectivity index (χ3n) is 2.82. The van der Waals surface area contributed by atoms with E-state index in [0.29, 0.717) is 17.7 Å². The van der Waals surface area contributed by atoms with Crippen LogP contribution in [-0.2, 0) is 10.0 Å². The predicted molar refractivity (Wildman–Crippen MR) is 77.6 cm³/mol. The number of carbonyl (C=O) groups excluding carboxylic acids is 1. The number of nitrogens with two attached hydrogens (primary N) is 1. The van der Waals surface area contributed by atoms with Gasteiger partial charge in [0, 0.05) is 12.1 Å². The Bertz CT molecular complexity index is 645. The standard InChI is InChI=1S/C14H18N2O3S/c1-4-8-16(9-5-2)14(17)13-7-6-12(10-11(13)3)20(15,18)19/h1,6-7,10H,5,8-9H2,2-3H3,(H2,15,18,19). The summed E-state index contributed by atoms with van der Waals surface area (Å²) in [6.07, 6.45) is 6.05. The van der Waals surface area contributed by atoms with E-state index >= 15 is 0 Å². The van der Waals surface area contributed by atoms with Crippen LogP contribution in [0.15, 0.2) is 23.1 Å². The average Bonchev–Trinajstić information content (AvgIpc) is 2.36. The van der Waals surface area contributed by atoms with Gasteiger partial charge in [0.05, 0.1) is 11.4 Å². The van der Waals surface area contributed by atoms with E-state index in [1.807, 2.05) is 6.92 Å². The van der Waals surface area contributed by atoms with Gasteiger partial charge in [-0.3, -0.25) is 4.79 Å². The number of rotatable bonds is 5. The number of primary sulfonamides is 1. The van der Waals surface area contributed by atoms with E-state index in [9.17, 15) is 13.2 Å². The topological polar surface area (TPSA) is 80.5 Å². The fraction of sp³-hybridized carbons (Fsp3) is 0.357. The smallest absolute Gasteiger partial charge is 0.254 e. The van der Waals surface area contributed by atoms with Crippen molar-refractivity contribution in [1.82, 2.24) is 4.90 Å². The summed E-state index contributed by atoms with van der Waals surface area (Å²) >= 11 is 0. The van der Waals surface area contributed by atoms with E-state index in [4.69, 9.17) is 11.6 Å². The zero-order chi connectivity index (χ0) is 15.3. The van der Waals surface area contributed by atoms with Crippen molar-refractivity contribution < 1.29 is 13.2 Å². The van der Waals surface area contributed by atoms with Crippen molar-refractivity contribution in [1.29, 1.82) is 0 Å². The van der Waals surface area contributed by atoms with Crippen molar-refractivity contribution in [2.45, 2.75) is 25.2 Å². The minimum atomic E-state index is -3.77. The van der Waals surface area contributed by atoms with Gasteiger partial charge in [-0.25, -0.2) is 13.6 Å². The van der Waals surface area contributed by atoms with Crippen molar-refractivity contribution in [2.24, 2.45) is 5.14 Å². The summed E-state index contributed by atoms with van der Waals surface area (Å²) in [5.74, 6) is 2.24. The van der Waals surface area contributed by atoms with Crippen LogP contribution < -0.4 is 5.14 Å². The maximum atomic E-state index is 12.4. The summed E-state index contributed by atoms with van der Waals surface area (Å²) in [4.78, 5) is 13.9. The summed E-state index contributed by atoms with van der Waals surface area (Å²) in [5, 5.41) is 5.06. The van der Waals surface area contributed by atoms with Gasteiger partial charge in [-0.1, -0.05) is 12.8 Å². The van der Waals surface area contributed by atoms with E-state index in [2.05, 4.69) is 5.92 Å². The van der Waals surface area contributed by atoms with Crippen molar-refractivity contribution in [3.63, 3.8) is 0 Å². The fourth-order valence-electron chi connectivity index (χ4n) is 1.86. The maximum Gasteiger partial charge on any atom is 0.254 e. The highest BCUT2D eigenvalue weighted by atomic mass is 32.2. The lowest BCUT2D eigenvalue weighted by Crippen LogP contribution is -2.32. The SMILES string of the molecule is C#CCN(CCC)C(=O)c1ccc(S(N)(=O)=O)cc1C. The minimum Gasteiger partial charge on any atom is -0.328 e. The molecule has 0 saturated heterocycles. The Morgan fingerprint density at radius 1 is 1.45 bits per heavy atom. The van der Waals surface area contributed by atoms with Gasteiger partial charge < -0.3 is 4.90 Å². The van der Waals surface area contributed by atoms with Crippen LogP contribution in [0.1, 0.15) is 29.3 Å². The Labute approximate surface area is 119 Å². The molecule has 0 aliphatic rings. The van der Waals surface area contributed by atoms with Crippen molar-refractivity contribution >= 4 is 15.9 Å². The van der Waals surface area contributed by atoms with Crippen molar-refractivity contribution in [3.8, 4) is 12.3 Å². The molecule has 0 aromatic heterocycles. The maximum absolute atomic E-state index is 12.4. The number of benzene rings is 1. The van der Waals surface area contributed by atoms with Gasteiger partial charge in [-0.15, -0.1) is 6.42 Å². The normalized spacial score (nSPS) is 10.9. The molecule has 0 aliphatic carbocycles. The second-order valence-electron chi connectivity index (χ2n) is 4.45. The third-order valence-corrected chi connectivity index (χ3v) is 3.73. The van der Waals surface area contributed by atoms with Crippen LogP contribution in [0.2, 0.25) is 0 Å². The highest BCUT2D eigenvalue weighted by Gasteiger charge is 2.18. The number of terminal acetylenes is 1. The van der Waals surface area contributed by atoms with Gasteiger partial charge in [0.25, 0.3) is 5.91 Å². The molecular weight excluding hydrogens is 276 g/mol. The molecule has 0 heterocycles. The van der Waals surface area contributed by atoms with Crippen molar-refractivity contribution in [3.05, 3.63) is 29.3 Å². The molecule has 0 aliphatic heterocycles. The molecule has 0 saturated carbocycles. The largest absolute Gasteiger partial charge is 0.328 e. The molecule has 6 heteroatoms. The molecular formula is C14H18N2O3S. The van der Waals surface area contributed by atoms with Crippen molar-refractivity contribution in [2.75, 3.05) is 13.1 Å². The zero-order valence-corrected chi connectivity index (χ0v) is 12.4. The van der Waals surface area contributed by atoms with Crippen LogP contribution in [0.3, 0.4) is 0 Å². The first kappa shape index (κ1) is 16.2. The first-order valence-electron chi connectivity index (χ1n) is 6.17. The Balaban J connectivity index is 3.14. The molecule has 0 bridgehead atoms. The molecule has 1 rings (SSSR count). The van der Waals surface area contributed by atoms with Gasteiger partial charge >= 0.3 is 0 Å². The van der Waals surface area contributed by atoms with Gasteiger partial charge in [0.1, 0.15) is 0 Å². The van der Waals surface area contributed by atoms with Gasteiger partial charge in [0.2, 0.25) is 10.0 Å². The number of hydrogen-bond donors (Lipinski definition) is 1. The molecule has 108 valence electrons. The lowest BCUT2D eigenvalue weighted by Gasteiger charge is -2.20. The molecule has 0 radical (unpaired) electrons. The second-order valence-corrected chi connectivity index (χ2v) is 6.01. The van der Waals surface area contributed by atoms with E-state index in [1.165, 1.54) is 18.2 Å². The van der Waals surface area contributed by atoms with Crippen LogP contribution in [0.4, 0.5) is 0 Å². The van der Waals surface area contributed by atoms with Gasteiger partial charge in [-0.05, 0) is 37.1 Å². The number of nitrogens with zero attached hydrogens (tertiary/aromatic N) is 1. The lowest BCUT2D eigenvalue weighted by atomic mass is 10.1. The fourth-order valence-corrected chi connectivity index (χ4v) is 2.45. The number of sulfonamides is 1. The van der Waals surface area contributed by atoms with E-state index in [0.717, 1.165) is 6.42 Å².